The van der Waals surface area contributed by atoms with Gasteiger partial charge in [-0.15, -0.1) is 0 Å². The summed E-state index contributed by atoms with van der Waals surface area (Å²) < 4.78 is 2.13. The van der Waals surface area contributed by atoms with Crippen molar-refractivity contribution in [2.24, 2.45) is 5.10 Å². The molecule has 0 saturated carbocycles. The second kappa shape index (κ2) is 6.03. The van der Waals surface area contributed by atoms with E-state index in [1.54, 1.807) is 30.6 Å². The van der Waals surface area contributed by atoms with E-state index in [1.807, 2.05) is 30.3 Å². The van der Waals surface area contributed by atoms with Crippen molar-refractivity contribution in [3.05, 3.63) is 64.8 Å². The first-order chi connectivity index (χ1) is 10.6. The van der Waals surface area contributed by atoms with Crippen molar-refractivity contribution in [1.29, 1.82) is 0 Å². The summed E-state index contributed by atoms with van der Waals surface area (Å²) in [7, 11) is 0. The molecule has 0 aliphatic rings. The number of halogens is 1. The average Bonchev–Trinajstić information content (AvgIpc) is 2.90. The van der Waals surface area contributed by atoms with Gasteiger partial charge in [0.05, 0.1) is 22.6 Å². The van der Waals surface area contributed by atoms with Crippen LogP contribution in [0, 0.1) is 0 Å². The Morgan fingerprint density at radius 1 is 1.18 bits per heavy atom. The van der Waals surface area contributed by atoms with Crippen LogP contribution in [-0.2, 0) is 0 Å². The Morgan fingerprint density at radius 3 is 2.68 bits per heavy atom. The SMILES string of the molecule is Nc1nc(-c2ccccc2)cn1/N=C/c1ccc(O)c(Br)c1. The number of nitrogens with two attached hydrogens (primary N) is 1. The smallest absolute Gasteiger partial charge is 0.221 e. The maximum Gasteiger partial charge on any atom is 0.221 e. The van der Waals surface area contributed by atoms with Crippen LogP contribution < -0.4 is 5.73 Å². The lowest BCUT2D eigenvalue weighted by atomic mass is 10.2. The predicted octanol–water partition coefficient (Wildman–Crippen LogP) is 3.48. The van der Waals surface area contributed by atoms with E-state index in [0.29, 0.717) is 10.4 Å². The number of nitrogen functional groups attached to an aromatic ring is 1. The molecule has 3 N–H and O–H groups in total. The first kappa shape index (κ1) is 14.3. The minimum atomic E-state index is 0.186. The highest BCUT2D eigenvalue weighted by molar-refractivity contribution is 9.10. The molecule has 0 radical (unpaired) electrons. The Balaban J connectivity index is 1.88. The van der Waals surface area contributed by atoms with Gasteiger partial charge in [0.1, 0.15) is 5.75 Å². The van der Waals surface area contributed by atoms with Gasteiger partial charge in [-0.05, 0) is 39.7 Å². The van der Waals surface area contributed by atoms with Crippen molar-refractivity contribution in [3.8, 4) is 17.0 Å². The third-order valence-corrected chi connectivity index (χ3v) is 3.72. The quantitative estimate of drug-likeness (QED) is 0.705. The summed E-state index contributed by atoms with van der Waals surface area (Å²) in [6.45, 7) is 0. The number of benzene rings is 2. The van der Waals surface area contributed by atoms with Crippen LogP contribution in [-0.4, -0.2) is 21.0 Å². The average molecular weight is 357 g/mol. The number of anilines is 1. The second-order valence-corrected chi connectivity index (χ2v) is 5.50. The lowest BCUT2D eigenvalue weighted by molar-refractivity contribution is 0.472. The molecule has 0 unspecified atom stereocenters. The Kier molecular flexibility index (Phi) is 3.93. The van der Waals surface area contributed by atoms with Gasteiger partial charge in [0.15, 0.2) is 0 Å². The van der Waals surface area contributed by atoms with Gasteiger partial charge < -0.3 is 10.8 Å². The standard InChI is InChI=1S/C16H13BrN4O/c17-13-8-11(6-7-15(13)22)9-19-21-10-14(20-16(21)18)12-4-2-1-3-5-12/h1-10,22H,(H2,18,20)/b19-9+. The molecule has 1 heterocycles. The van der Waals surface area contributed by atoms with Crippen molar-refractivity contribution < 1.29 is 5.11 Å². The lowest BCUT2D eigenvalue weighted by Crippen LogP contribution is -1.96. The maximum absolute atomic E-state index is 9.48. The number of phenols is 1. The molecule has 5 nitrogen and oxygen atoms in total. The van der Waals surface area contributed by atoms with E-state index in [2.05, 4.69) is 26.0 Å². The first-order valence-electron chi connectivity index (χ1n) is 6.56. The molecule has 1 aromatic heterocycles. The van der Waals surface area contributed by atoms with Crippen LogP contribution in [0.15, 0.2) is 64.3 Å². The minimum absolute atomic E-state index is 0.186. The zero-order valence-corrected chi connectivity index (χ0v) is 13.1. The number of hydrogen-bond donors (Lipinski definition) is 2. The predicted molar refractivity (Wildman–Crippen MR) is 90.9 cm³/mol. The fourth-order valence-electron chi connectivity index (χ4n) is 1.96. The Morgan fingerprint density at radius 2 is 1.95 bits per heavy atom. The van der Waals surface area contributed by atoms with Crippen molar-refractivity contribution in [2.75, 3.05) is 5.73 Å². The van der Waals surface area contributed by atoms with Crippen LogP contribution in [0.5, 0.6) is 5.75 Å². The number of rotatable bonds is 3. The molecule has 3 rings (SSSR count). The van der Waals surface area contributed by atoms with Crippen LogP contribution in [0.25, 0.3) is 11.3 Å². The Bertz CT molecular complexity index is 827. The van der Waals surface area contributed by atoms with Crippen LogP contribution in [0.2, 0.25) is 0 Å². The van der Waals surface area contributed by atoms with Crippen molar-refractivity contribution >= 4 is 28.1 Å². The van der Waals surface area contributed by atoms with Gasteiger partial charge in [0.25, 0.3) is 0 Å². The van der Waals surface area contributed by atoms with Gasteiger partial charge in [-0.2, -0.15) is 5.10 Å². The minimum Gasteiger partial charge on any atom is -0.507 e. The highest BCUT2D eigenvalue weighted by Crippen LogP contribution is 2.24. The number of aromatic nitrogens is 2. The molecule has 22 heavy (non-hydrogen) atoms. The van der Waals surface area contributed by atoms with Gasteiger partial charge in [0.2, 0.25) is 5.95 Å². The van der Waals surface area contributed by atoms with E-state index in [-0.39, 0.29) is 5.75 Å². The number of phenolic OH excluding ortho intramolecular Hbond substituents is 1. The van der Waals surface area contributed by atoms with Crippen molar-refractivity contribution in [2.45, 2.75) is 0 Å². The Hall–Kier alpha value is -2.60. The van der Waals surface area contributed by atoms with E-state index < -0.39 is 0 Å². The van der Waals surface area contributed by atoms with E-state index in [4.69, 9.17) is 5.73 Å². The third kappa shape index (κ3) is 3.01. The van der Waals surface area contributed by atoms with Gasteiger partial charge in [-0.25, -0.2) is 9.66 Å². The summed E-state index contributed by atoms with van der Waals surface area (Å²) in [5.74, 6) is 0.499. The van der Waals surface area contributed by atoms with E-state index in [9.17, 15) is 5.11 Å². The van der Waals surface area contributed by atoms with Crippen molar-refractivity contribution in [1.82, 2.24) is 9.66 Å². The summed E-state index contributed by atoms with van der Waals surface area (Å²) in [5, 5.41) is 13.8. The summed E-state index contributed by atoms with van der Waals surface area (Å²) >= 11 is 3.27. The number of nitrogens with zero attached hydrogens (tertiary/aromatic N) is 3. The molecule has 0 saturated heterocycles. The van der Waals surface area contributed by atoms with E-state index >= 15 is 0 Å². The molecule has 0 fully saturated rings. The number of aromatic hydroxyl groups is 1. The molecule has 6 heteroatoms. The molecular weight excluding hydrogens is 344 g/mol. The monoisotopic (exact) mass is 356 g/mol. The number of hydrogen-bond acceptors (Lipinski definition) is 4. The zero-order valence-electron chi connectivity index (χ0n) is 11.5. The van der Waals surface area contributed by atoms with E-state index in [0.717, 1.165) is 16.8 Å². The molecule has 0 amide bonds. The maximum atomic E-state index is 9.48. The van der Waals surface area contributed by atoms with Crippen LogP contribution in [0.4, 0.5) is 5.95 Å². The second-order valence-electron chi connectivity index (χ2n) is 4.65. The van der Waals surface area contributed by atoms with Crippen molar-refractivity contribution in [3.63, 3.8) is 0 Å². The van der Waals surface area contributed by atoms with E-state index in [1.165, 1.54) is 4.68 Å². The topological polar surface area (TPSA) is 76.4 Å². The molecule has 0 aliphatic heterocycles. The van der Waals surface area contributed by atoms with Crippen LogP contribution >= 0.6 is 15.9 Å². The molecule has 0 atom stereocenters. The largest absolute Gasteiger partial charge is 0.507 e. The first-order valence-corrected chi connectivity index (χ1v) is 7.36. The van der Waals surface area contributed by atoms with Crippen LogP contribution in [0.1, 0.15) is 5.56 Å². The summed E-state index contributed by atoms with van der Waals surface area (Å²) in [5.41, 5.74) is 8.47. The summed E-state index contributed by atoms with van der Waals surface area (Å²) in [6, 6.07) is 14.9. The van der Waals surface area contributed by atoms with Gasteiger partial charge in [-0.1, -0.05) is 30.3 Å². The zero-order chi connectivity index (χ0) is 15.5. The fourth-order valence-corrected chi connectivity index (χ4v) is 2.35. The van der Waals surface area contributed by atoms with Crippen LogP contribution in [0.3, 0.4) is 0 Å². The van der Waals surface area contributed by atoms with Gasteiger partial charge >= 0.3 is 0 Å². The molecule has 0 spiro atoms. The molecular formula is C16H13BrN4O. The molecule has 110 valence electrons. The van der Waals surface area contributed by atoms with Gasteiger partial charge in [0, 0.05) is 5.56 Å². The molecule has 0 aliphatic carbocycles. The van der Waals surface area contributed by atoms with Gasteiger partial charge in [-0.3, -0.25) is 0 Å². The fraction of sp³-hybridized carbons (Fsp3) is 0. The molecule has 2 aromatic carbocycles. The molecule has 0 bridgehead atoms. The number of imidazole rings is 1. The highest BCUT2D eigenvalue weighted by Gasteiger charge is 2.05. The third-order valence-electron chi connectivity index (χ3n) is 3.09. The summed E-state index contributed by atoms with van der Waals surface area (Å²) in [4.78, 5) is 4.30. The highest BCUT2D eigenvalue weighted by atomic mass is 79.9. The normalized spacial score (nSPS) is 11.1. The summed E-state index contributed by atoms with van der Waals surface area (Å²) in [6.07, 6.45) is 3.42. The molecule has 3 aromatic rings. The lowest BCUT2D eigenvalue weighted by Gasteiger charge is -1.98. The Labute approximate surface area is 135 Å².